The summed E-state index contributed by atoms with van der Waals surface area (Å²) in [4.78, 5) is 15.7. The van der Waals surface area contributed by atoms with Crippen molar-refractivity contribution in [2.75, 3.05) is 26.3 Å². The molecule has 0 bridgehead atoms. The van der Waals surface area contributed by atoms with Crippen LogP contribution in [-0.2, 0) is 30.7 Å². The minimum Gasteiger partial charge on any atom is -0.381 e. The number of amides is 1. The molecule has 7 heteroatoms. The molecule has 0 radical (unpaired) electrons. The Labute approximate surface area is 184 Å². The Bertz CT molecular complexity index is 964. The van der Waals surface area contributed by atoms with Gasteiger partial charge >= 0.3 is 0 Å². The third kappa shape index (κ3) is 4.84. The van der Waals surface area contributed by atoms with Crippen molar-refractivity contribution in [3.63, 3.8) is 0 Å². The molecule has 2 aliphatic heterocycles. The summed E-state index contributed by atoms with van der Waals surface area (Å²) < 4.78 is 37.6. The molecule has 0 atom stereocenters. The number of hydrogen-bond acceptors (Lipinski definition) is 5. The molecule has 6 nitrogen and oxygen atoms in total. The van der Waals surface area contributed by atoms with E-state index in [1.807, 2.05) is 36.4 Å². The number of nitrogens with zero attached hydrogens (tertiary/aromatic N) is 1. The van der Waals surface area contributed by atoms with Gasteiger partial charge in [0.15, 0.2) is 15.4 Å². The summed E-state index contributed by atoms with van der Waals surface area (Å²) in [6.45, 7) is 2.18. The van der Waals surface area contributed by atoms with Crippen molar-refractivity contribution >= 4 is 15.7 Å². The van der Waals surface area contributed by atoms with Gasteiger partial charge in [-0.2, -0.15) is 0 Å². The maximum Gasteiger partial charge on any atom is 0.255 e. The van der Waals surface area contributed by atoms with Crippen LogP contribution in [0, 0.1) is 0 Å². The lowest BCUT2D eigenvalue weighted by atomic mass is 9.91. The molecule has 0 saturated carbocycles. The number of carbonyl (C=O) groups is 1. The smallest absolute Gasteiger partial charge is 0.255 e. The van der Waals surface area contributed by atoms with E-state index < -0.39 is 20.7 Å². The van der Waals surface area contributed by atoms with Crippen LogP contribution in [0.1, 0.15) is 31.2 Å². The highest BCUT2D eigenvalue weighted by Crippen LogP contribution is 2.32. The first kappa shape index (κ1) is 22.0. The number of rotatable bonds is 6. The first-order chi connectivity index (χ1) is 15.0. The number of benzene rings is 2. The summed E-state index contributed by atoms with van der Waals surface area (Å²) in [5.41, 5.74) is 0.119. The van der Waals surface area contributed by atoms with Crippen molar-refractivity contribution in [1.82, 2.24) is 4.90 Å². The Kier molecular flexibility index (Phi) is 6.74. The molecule has 0 unspecified atom stereocenters. The van der Waals surface area contributed by atoms with E-state index in [1.165, 1.54) is 0 Å². The lowest BCUT2D eigenvalue weighted by Gasteiger charge is -2.41. The van der Waals surface area contributed by atoms with Crippen LogP contribution in [0.2, 0.25) is 0 Å². The molecule has 2 heterocycles. The van der Waals surface area contributed by atoms with Gasteiger partial charge in [-0.25, -0.2) is 8.42 Å². The van der Waals surface area contributed by atoms with Gasteiger partial charge in [0.1, 0.15) is 0 Å². The number of likely N-dealkylation sites (tertiary alicyclic amines) is 1. The van der Waals surface area contributed by atoms with Gasteiger partial charge in [0.2, 0.25) is 0 Å². The van der Waals surface area contributed by atoms with Crippen molar-refractivity contribution in [3.8, 4) is 0 Å². The van der Waals surface area contributed by atoms with Crippen LogP contribution in [0.4, 0.5) is 0 Å². The van der Waals surface area contributed by atoms with Crippen molar-refractivity contribution in [2.45, 2.75) is 48.0 Å². The van der Waals surface area contributed by atoms with Gasteiger partial charge in [-0.3, -0.25) is 4.79 Å². The Hall–Kier alpha value is -2.22. The Morgan fingerprint density at radius 1 is 0.968 bits per heavy atom. The van der Waals surface area contributed by atoms with Crippen LogP contribution in [0.25, 0.3) is 0 Å². The van der Waals surface area contributed by atoms with Gasteiger partial charge in [-0.05, 0) is 30.5 Å². The van der Waals surface area contributed by atoms with Crippen molar-refractivity contribution in [2.24, 2.45) is 0 Å². The van der Waals surface area contributed by atoms with E-state index in [-0.39, 0.29) is 5.91 Å². The molecule has 0 N–H and O–H groups in total. The van der Waals surface area contributed by atoms with E-state index in [0.29, 0.717) is 63.5 Å². The lowest BCUT2D eigenvalue weighted by Crippen LogP contribution is -2.56. The van der Waals surface area contributed by atoms with Gasteiger partial charge in [0.05, 0.1) is 16.8 Å². The quantitative estimate of drug-likeness (QED) is 0.686. The topological polar surface area (TPSA) is 72.9 Å². The Morgan fingerprint density at radius 3 is 2.16 bits per heavy atom. The molecule has 1 amide bonds. The van der Waals surface area contributed by atoms with Crippen LogP contribution in [-0.4, -0.2) is 56.4 Å². The van der Waals surface area contributed by atoms with Gasteiger partial charge in [-0.15, -0.1) is 0 Å². The summed E-state index contributed by atoms with van der Waals surface area (Å²) in [5, 5.41) is -0.463. The van der Waals surface area contributed by atoms with E-state index >= 15 is 0 Å². The number of piperidine rings is 1. The fourth-order valence-electron chi connectivity index (χ4n) is 4.38. The molecule has 0 aromatic heterocycles. The number of sulfone groups is 1. The summed E-state index contributed by atoms with van der Waals surface area (Å²) in [5.74, 6) is -0.0395. The highest BCUT2D eigenvalue weighted by Gasteiger charge is 2.45. The zero-order valence-corrected chi connectivity index (χ0v) is 18.4. The molecule has 166 valence electrons. The fraction of sp³-hybridized carbons (Fsp3) is 0.458. The van der Waals surface area contributed by atoms with Crippen LogP contribution in [0.15, 0.2) is 65.6 Å². The minimum absolute atomic E-state index is 0.0395. The predicted octanol–water partition coefficient (Wildman–Crippen LogP) is 3.22. The van der Waals surface area contributed by atoms with Crippen LogP contribution < -0.4 is 0 Å². The fourth-order valence-corrected chi connectivity index (χ4v) is 6.13. The molecule has 31 heavy (non-hydrogen) atoms. The summed E-state index contributed by atoms with van der Waals surface area (Å²) in [6, 6.07) is 18.4. The predicted molar refractivity (Wildman–Crippen MR) is 117 cm³/mol. The monoisotopic (exact) mass is 443 g/mol. The second kappa shape index (κ2) is 9.51. The minimum atomic E-state index is -3.39. The number of ether oxygens (including phenoxy) is 2. The van der Waals surface area contributed by atoms with E-state index in [2.05, 4.69) is 0 Å². The lowest BCUT2D eigenvalue weighted by molar-refractivity contribution is -0.175. The standard InChI is InChI=1S/C24H29NO5S/c26-23(24(13-17-29-18-14-24)30-19-20-7-3-1-4-8-20)25-15-11-22(12-16-25)31(27,28)21-9-5-2-6-10-21/h1-10,22H,11-19H2. The van der Waals surface area contributed by atoms with Gasteiger partial charge < -0.3 is 14.4 Å². The summed E-state index contributed by atoms with van der Waals surface area (Å²) in [7, 11) is -3.39. The third-order valence-corrected chi connectivity index (χ3v) is 8.57. The molecule has 2 saturated heterocycles. The molecular formula is C24H29NO5S. The molecule has 2 aromatic carbocycles. The normalized spacial score (nSPS) is 19.8. The van der Waals surface area contributed by atoms with E-state index in [0.717, 1.165) is 5.56 Å². The van der Waals surface area contributed by atoms with Crippen LogP contribution in [0.3, 0.4) is 0 Å². The average Bonchev–Trinajstić information content (AvgIpc) is 2.84. The number of hydrogen-bond donors (Lipinski definition) is 0. The van der Waals surface area contributed by atoms with Crippen molar-refractivity contribution in [3.05, 3.63) is 66.2 Å². The summed E-state index contributed by atoms with van der Waals surface area (Å²) in [6.07, 6.45) is 1.91. The van der Waals surface area contributed by atoms with Gasteiger partial charge in [0, 0.05) is 39.1 Å². The second-order valence-corrected chi connectivity index (χ2v) is 10.5. The maximum atomic E-state index is 13.5. The molecule has 0 aliphatic carbocycles. The number of carbonyl (C=O) groups excluding carboxylic acids is 1. The summed E-state index contributed by atoms with van der Waals surface area (Å²) >= 11 is 0. The van der Waals surface area contributed by atoms with Crippen molar-refractivity contribution in [1.29, 1.82) is 0 Å². The molecule has 0 spiro atoms. The average molecular weight is 444 g/mol. The first-order valence-corrected chi connectivity index (χ1v) is 12.4. The second-order valence-electron chi connectivity index (χ2n) is 8.23. The van der Waals surface area contributed by atoms with Crippen molar-refractivity contribution < 1.29 is 22.7 Å². The van der Waals surface area contributed by atoms with Gasteiger partial charge in [0.25, 0.3) is 5.91 Å². The van der Waals surface area contributed by atoms with Gasteiger partial charge in [-0.1, -0.05) is 48.5 Å². The Morgan fingerprint density at radius 2 is 1.55 bits per heavy atom. The highest BCUT2D eigenvalue weighted by molar-refractivity contribution is 7.92. The SMILES string of the molecule is O=C(N1CCC(S(=O)(=O)c2ccccc2)CC1)C1(OCc2ccccc2)CCOCC1. The molecule has 2 aliphatic rings. The first-order valence-electron chi connectivity index (χ1n) is 10.9. The molecular weight excluding hydrogens is 414 g/mol. The van der Waals surface area contributed by atoms with E-state index in [9.17, 15) is 13.2 Å². The zero-order valence-electron chi connectivity index (χ0n) is 17.6. The van der Waals surface area contributed by atoms with Crippen LogP contribution >= 0.6 is 0 Å². The molecule has 2 aromatic rings. The molecule has 2 fully saturated rings. The highest BCUT2D eigenvalue weighted by atomic mass is 32.2. The third-order valence-electron chi connectivity index (χ3n) is 6.29. The maximum absolute atomic E-state index is 13.5. The van der Waals surface area contributed by atoms with Crippen LogP contribution in [0.5, 0.6) is 0 Å². The largest absolute Gasteiger partial charge is 0.381 e. The molecule has 4 rings (SSSR count). The zero-order chi connectivity index (χ0) is 21.7. The van der Waals surface area contributed by atoms with E-state index in [1.54, 1.807) is 29.2 Å². The Balaban J connectivity index is 1.43. The van der Waals surface area contributed by atoms with E-state index in [4.69, 9.17) is 9.47 Å².